The van der Waals surface area contributed by atoms with Crippen molar-refractivity contribution < 1.29 is 4.79 Å². The van der Waals surface area contributed by atoms with E-state index in [0.29, 0.717) is 34.0 Å². The van der Waals surface area contributed by atoms with Crippen molar-refractivity contribution in [2.45, 2.75) is 20.0 Å². The highest BCUT2D eigenvalue weighted by Crippen LogP contribution is 2.17. The van der Waals surface area contributed by atoms with Crippen molar-refractivity contribution in [3.05, 3.63) is 74.0 Å². The molecule has 7 heteroatoms. The fourth-order valence-corrected chi connectivity index (χ4v) is 3.06. The lowest BCUT2D eigenvalue weighted by Gasteiger charge is -2.18. The molecule has 3 aromatic rings. The fraction of sp³-hybridized carbons (Fsp3) is 0.211. The average Bonchev–Trinajstić information content (AvgIpc) is 2.63. The zero-order chi connectivity index (χ0) is 18.8. The normalized spacial score (nSPS) is 10.9. The highest BCUT2D eigenvalue weighted by atomic mass is 35.5. The van der Waals surface area contributed by atoms with E-state index in [1.807, 2.05) is 19.1 Å². The van der Waals surface area contributed by atoms with Gasteiger partial charge in [0.2, 0.25) is 5.43 Å². The molecule has 0 bridgehead atoms. The molecule has 1 aromatic heterocycles. The van der Waals surface area contributed by atoms with Crippen molar-refractivity contribution in [2.75, 3.05) is 7.05 Å². The molecule has 0 fully saturated rings. The maximum Gasteiger partial charge on any atom is 0.278 e. The van der Waals surface area contributed by atoms with Crippen LogP contribution in [0.1, 0.15) is 23.0 Å². The second kappa shape index (κ2) is 7.48. The molecule has 0 saturated carbocycles. The predicted octanol–water partition coefficient (Wildman–Crippen LogP) is 4.00. The molecule has 0 aliphatic carbocycles. The quantitative estimate of drug-likeness (QED) is 0.677. The van der Waals surface area contributed by atoms with Crippen LogP contribution in [0.15, 0.2) is 47.3 Å². The predicted molar refractivity (Wildman–Crippen MR) is 104 cm³/mol. The summed E-state index contributed by atoms with van der Waals surface area (Å²) >= 11 is 11.9. The van der Waals surface area contributed by atoms with E-state index >= 15 is 0 Å². The first kappa shape index (κ1) is 18.4. The highest BCUT2D eigenvalue weighted by Gasteiger charge is 2.21. The monoisotopic (exact) mass is 389 g/mol. The van der Waals surface area contributed by atoms with Crippen molar-refractivity contribution in [3.63, 3.8) is 0 Å². The third-order valence-electron chi connectivity index (χ3n) is 4.10. The van der Waals surface area contributed by atoms with E-state index in [9.17, 15) is 9.59 Å². The number of rotatable bonds is 4. The molecule has 0 spiro atoms. The van der Waals surface area contributed by atoms with Gasteiger partial charge in [0.15, 0.2) is 5.69 Å². The first-order valence-corrected chi connectivity index (χ1v) is 8.86. The van der Waals surface area contributed by atoms with Crippen molar-refractivity contribution in [3.8, 4) is 0 Å². The summed E-state index contributed by atoms with van der Waals surface area (Å²) in [6, 6.07) is 12.2. The number of halogens is 2. The van der Waals surface area contributed by atoms with Crippen LogP contribution in [-0.4, -0.2) is 27.6 Å². The standard InChI is InChI=1S/C19H17Cl2N3O2/c1-3-24-16-9-8-14(21)10-15(16)18(25)17(22-24)19(26)23(2)11-12-4-6-13(20)7-5-12/h4-10H,3,11H2,1-2H3. The van der Waals surface area contributed by atoms with Crippen LogP contribution in [0.4, 0.5) is 0 Å². The van der Waals surface area contributed by atoms with E-state index in [1.54, 1.807) is 42.1 Å². The minimum absolute atomic E-state index is 0.113. The molecule has 0 radical (unpaired) electrons. The molecule has 5 nitrogen and oxygen atoms in total. The smallest absolute Gasteiger partial charge is 0.278 e. The van der Waals surface area contributed by atoms with Gasteiger partial charge in [0.1, 0.15) is 0 Å². The van der Waals surface area contributed by atoms with Crippen LogP contribution in [0.3, 0.4) is 0 Å². The average molecular weight is 390 g/mol. The lowest BCUT2D eigenvalue weighted by Crippen LogP contribution is -2.33. The topological polar surface area (TPSA) is 55.2 Å². The Morgan fingerprint density at radius 2 is 1.77 bits per heavy atom. The Labute approximate surface area is 160 Å². The molecule has 0 aliphatic heterocycles. The van der Waals surface area contributed by atoms with Crippen LogP contribution in [0.25, 0.3) is 10.9 Å². The Balaban J connectivity index is 2.00. The lowest BCUT2D eigenvalue weighted by atomic mass is 10.1. The summed E-state index contributed by atoms with van der Waals surface area (Å²) in [7, 11) is 1.64. The van der Waals surface area contributed by atoms with Gasteiger partial charge in [-0.2, -0.15) is 5.10 Å². The van der Waals surface area contributed by atoms with Gasteiger partial charge in [-0.05, 0) is 42.8 Å². The molecule has 0 unspecified atom stereocenters. The Morgan fingerprint density at radius 3 is 2.42 bits per heavy atom. The molecule has 0 saturated heterocycles. The number of benzene rings is 2. The first-order valence-electron chi connectivity index (χ1n) is 8.11. The van der Waals surface area contributed by atoms with Crippen LogP contribution in [0, 0.1) is 0 Å². The summed E-state index contributed by atoms with van der Waals surface area (Å²) in [5, 5.41) is 5.73. The number of hydrogen-bond acceptors (Lipinski definition) is 3. The number of amides is 1. The number of aryl methyl sites for hydroxylation is 1. The third kappa shape index (κ3) is 3.59. The number of hydrogen-bond donors (Lipinski definition) is 0. The molecular weight excluding hydrogens is 373 g/mol. The number of carbonyl (C=O) groups is 1. The number of fused-ring (bicyclic) bond motifs is 1. The third-order valence-corrected chi connectivity index (χ3v) is 4.59. The second-order valence-electron chi connectivity index (χ2n) is 5.94. The fourth-order valence-electron chi connectivity index (χ4n) is 2.76. The summed E-state index contributed by atoms with van der Waals surface area (Å²) in [6.07, 6.45) is 0. The van der Waals surface area contributed by atoms with Gasteiger partial charge in [-0.3, -0.25) is 14.3 Å². The Morgan fingerprint density at radius 1 is 1.12 bits per heavy atom. The zero-order valence-corrected chi connectivity index (χ0v) is 15.9. The van der Waals surface area contributed by atoms with Crippen LogP contribution in [0.5, 0.6) is 0 Å². The van der Waals surface area contributed by atoms with Gasteiger partial charge in [-0.1, -0.05) is 35.3 Å². The van der Waals surface area contributed by atoms with E-state index in [2.05, 4.69) is 5.10 Å². The molecule has 26 heavy (non-hydrogen) atoms. The number of aromatic nitrogens is 2. The van der Waals surface area contributed by atoms with Gasteiger partial charge in [0, 0.05) is 30.2 Å². The summed E-state index contributed by atoms with van der Waals surface area (Å²) in [5.41, 5.74) is 1.03. The Hall–Kier alpha value is -2.37. The van der Waals surface area contributed by atoms with Crippen molar-refractivity contribution >= 4 is 40.0 Å². The van der Waals surface area contributed by atoms with Crippen LogP contribution in [0.2, 0.25) is 10.0 Å². The summed E-state index contributed by atoms with van der Waals surface area (Å²) in [6.45, 7) is 2.77. The zero-order valence-electron chi connectivity index (χ0n) is 14.4. The summed E-state index contributed by atoms with van der Waals surface area (Å²) < 4.78 is 1.64. The summed E-state index contributed by atoms with van der Waals surface area (Å²) in [5.74, 6) is -0.436. The molecule has 3 rings (SSSR count). The Kier molecular flexibility index (Phi) is 5.30. The minimum atomic E-state index is -0.436. The molecule has 0 aliphatic rings. The minimum Gasteiger partial charge on any atom is -0.336 e. The van der Waals surface area contributed by atoms with Crippen LogP contribution in [-0.2, 0) is 13.1 Å². The molecule has 1 amide bonds. The van der Waals surface area contributed by atoms with E-state index in [1.165, 1.54) is 4.90 Å². The highest BCUT2D eigenvalue weighted by molar-refractivity contribution is 6.31. The maximum absolute atomic E-state index is 12.8. The maximum atomic E-state index is 12.8. The second-order valence-corrected chi connectivity index (χ2v) is 6.82. The number of carbonyl (C=O) groups excluding carboxylic acids is 1. The van der Waals surface area contributed by atoms with Gasteiger partial charge in [-0.15, -0.1) is 0 Å². The van der Waals surface area contributed by atoms with E-state index in [4.69, 9.17) is 23.2 Å². The van der Waals surface area contributed by atoms with Gasteiger partial charge in [0.05, 0.1) is 10.9 Å². The van der Waals surface area contributed by atoms with Crippen molar-refractivity contribution in [1.29, 1.82) is 0 Å². The van der Waals surface area contributed by atoms with E-state index in [0.717, 1.165) is 5.56 Å². The van der Waals surface area contributed by atoms with E-state index in [-0.39, 0.29) is 5.69 Å². The van der Waals surface area contributed by atoms with Gasteiger partial charge < -0.3 is 4.90 Å². The molecule has 1 heterocycles. The molecule has 0 N–H and O–H groups in total. The largest absolute Gasteiger partial charge is 0.336 e. The van der Waals surface area contributed by atoms with Crippen molar-refractivity contribution in [2.24, 2.45) is 0 Å². The summed E-state index contributed by atoms with van der Waals surface area (Å²) in [4.78, 5) is 27.1. The van der Waals surface area contributed by atoms with Crippen LogP contribution < -0.4 is 5.43 Å². The SMILES string of the molecule is CCn1nc(C(=O)N(C)Cc2ccc(Cl)cc2)c(=O)c2cc(Cl)ccc21. The number of nitrogens with zero attached hydrogens (tertiary/aromatic N) is 3. The van der Waals surface area contributed by atoms with Gasteiger partial charge in [0.25, 0.3) is 5.91 Å². The van der Waals surface area contributed by atoms with Crippen molar-refractivity contribution in [1.82, 2.24) is 14.7 Å². The molecule has 0 atom stereocenters. The molecule has 2 aromatic carbocycles. The molecular formula is C19H17Cl2N3O2. The van der Waals surface area contributed by atoms with Gasteiger partial charge >= 0.3 is 0 Å². The first-order chi connectivity index (χ1) is 12.4. The van der Waals surface area contributed by atoms with Crippen LogP contribution >= 0.6 is 23.2 Å². The Bertz CT molecular complexity index is 1030. The molecule has 134 valence electrons. The van der Waals surface area contributed by atoms with Gasteiger partial charge in [-0.25, -0.2) is 0 Å². The lowest BCUT2D eigenvalue weighted by molar-refractivity contribution is 0.0775. The van der Waals surface area contributed by atoms with E-state index < -0.39 is 11.3 Å².